The second-order valence-corrected chi connectivity index (χ2v) is 11.1. The van der Waals surface area contributed by atoms with E-state index in [1.807, 2.05) is 12.4 Å². The number of likely N-dealkylation sites (tertiary alicyclic amines) is 1. The molecule has 2 saturated heterocycles. The minimum Gasteiger partial charge on any atom is -0.365 e. The van der Waals surface area contributed by atoms with Gasteiger partial charge in [-0.1, -0.05) is 19.6 Å². The maximum absolute atomic E-state index is 4.65. The predicted molar refractivity (Wildman–Crippen MR) is 145 cm³/mol. The third-order valence-corrected chi connectivity index (χ3v) is 8.65. The molecule has 34 heavy (non-hydrogen) atoms. The van der Waals surface area contributed by atoms with Crippen LogP contribution in [-0.2, 0) is 11.8 Å². The van der Waals surface area contributed by atoms with E-state index in [0.29, 0.717) is 6.04 Å². The largest absolute Gasteiger partial charge is 0.365 e. The molecule has 0 bridgehead atoms. The van der Waals surface area contributed by atoms with Gasteiger partial charge in [-0.25, -0.2) is 4.98 Å². The van der Waals surface area contributed by atoms with Crippen LogP contribution in [0.5, 0.6) is 0 Å². The predicted octanol–water partition coefficient (Wildman–Crippen LogP) is 3.39. The molecular weight excluding hydrogens is 439 g/mol. The molecular formula is C27H39N6P. The van der Waals surface area contributed by atoms with E-state index < -0.39 is 0 Å². The topological polar surface area (TPSA) is 38.7 Å². The molecule has 6 nitrogen and oxygen atoms in total. The number of fused-ring (bicyclic) bond motifs is 2. The van der Waals surface area contributed by atoms with Crippen LogP contribution in [0.25, 0.3) is 0 Å². The van der Waals surface area contributed by atoms with Crippen molar-refractivity contribution in [2.45, 2.75) is 50.5 Å². The minimum atomic E-state index is 0.230. The number of hydrogen-bond acceptors (Lipinski definition) is 6. The minimum absolute atomic E-state index is 0.230. The second-order valence-electron chi connectivity index (χ2n) is 10.4. The SMILES string of the molecule is C=C(N(C)C)N1CC2(CCN(C3CCN(c4nccnc4CC)CC3)CC2)c2cc(P)ccc21. The number of benzene rings is 1. The molecule has 3 aliphatic rings. The summed E-state index contributed by atoms with van der Waals surface area (Å²) in [6.07, 6.45) is 9.44. The fourth-order valence-electron chi connectivity index (χ4n) is 6.22. The number of anilines is 2. The van der Waals surface area contributed by atoms with Crippen LogP contribution in [-0.4, -0.2) is 72.6 Å². The van der Waals surface area contributed by atoms with E-state index in [1.54, 1.807) is 0 Å². The molecule has 1 aromatic carbocycles. The van der Waals surface area contributed by atoms with Crippen LogP contribution in [0.1, 0.15) is 43.9 Å². The molecule has 1 spiro atoms. The lowest BCUT2D eigenvalue weighted by Gasteiger charge is -2.45. The molecule has 1 unspecified atom stereocenters. The molecule has 4 heterocycles. The molecule has 0 aliphatic carbocycles. The van der Waals surface area contributed by atoms with Crippen molar-refractivity contribution in [2.24, 2.45) is 0 Å². The van der Waals surface area contributed by atoms with Crippen LogP contribution in [0.3, 0.4) is 0 Å². The summed E-state index contributed by atoms with van der Waals surface area (Å²) in [6, 6.07) is 7.59. The highest BCUT2D eigenvalue weighted by atomic mass is 31.0. The number of aromatic nitrogens is 2. The molecule has 0 N–H and O–H groups in total. The zero-order chi connectivity index (χ0) is 23.9. The van der Waals surface area contributed by atoms with Crippen molar-refractivity contribution in [2.75, 3.05) is 56.6 Å². The van der Waals surface area contributed by atoms with Gasteiger partial charge in [0.05, 0.1) is 5.69 Å². The molecule has 5 rings (SSSR count). The van der Waals surface area contributed by atoms with Crippen molar-refractivity contribution < 1.29 is 0 Å². The summed E-state index contributed by atoms with van der Waals surface area (Å²) in [5.41, 5.74) is 4.22. The van der Waals surface area contributed by atoms with Gasteiger partial charge in [0, 0.05) is 63.3 Å². The van der Waals surface area contributed by atoms with Gasteiger partial charge in [0.1, 0.15) is 11.6 Å². The molecule has 7 heteroatoms. The fraction of sp³-hybridized carbons (Fsp3) is 0.556. The Balaban J connectivity index is 1.26. The maximum Gasteiger partial charge on any atom is 0.150 e. The van der Waals surface area contributed by atoms with Crippen LogP contribution in [0, 0.1) is 0 Å². The van der Waals surface area contributed by atoms with Crippen LogP contribution >= 0.6 is 9.24 Å². The Morgan fingerprint density at radius 2 is 1.82 bits per heavy atom. The molecule has 2 fully saturated rings. The summed E-state index contributed by atoms with van der Waals surface area (Å²) < 4.78 is 0. The first-order valence-corrected chi connectivity index (χ1v) is 13.3. The van der Waals surface area contributed by atoms with Gasteiger partial charge in [-0.15, -0.1) is 9.24 Å². The first-order valence-electron chi connectivity index (χ1n) is 12.7. The molecule has 1 aromatic heterocycles. The fourth-order valence-corrected chi connectivity index (χ4v) is 6.48. The van der Waals surface area contributed by atoms with Crippen LogP contribution in [0.4, 0.5) is 11.5 Å². The third kappa shape index (κ3) is 4.20. The summed E-state index contributed by atoms with van der Waals surface area (Å²) in [5.74, 6) is 2.18. The normalized spacial score (nSPS) is 20.6. The van der Waals surface area contributed by atoms with E-state index in [-0.39, 0.29) is 5.41 Å². The van der Waals surface area contributed by atoms with Crippen molar-refractivity contribution in [3.05, 3.63) is 54.3 Å². The Hall–Kier alpha value is -2.17. The summed E-state index contributed by atoms with van der Waals surface area (Å²) in [7, 11) is 7.08. The maximum atomic E-state index is 4.65. The number of hydrogen-bond donors (Lipinski definition) is 0. The van der Waals surface area contributed by atoms with Crippen molar-refractivity contribution >= 4 is 26.0 Å². The van der Waals surface area contributed by atoms with E-state index in [1.165, 1.54) is 55.3 Å². The Kier molecular flexibility index (Phi) is 6.56. The Morgan fingerprint density at radius 3 is 2.50 bits per heavy atom. The zero-order valence-corrected chi connectivity index (χ0v) is 22.2. The zero-order valence-electron chi connectivity index (χ0n) is 21.0. The van der Waals surface area contributed by atoms with E-state index in [2.05, 4.69) is 84.6 Å². The highest BCUT2D eigenvalue weighted by molar-refractivity contribution is 7.27. The molecule has 1 atom stereocenters. The van der Waals surface area contributed by atoms with Gasteiger partial charge in [0.15, 0.2) is 0 Å². The number of piperidine rings is 2. The highest BCUT2D eigenvalue weighted by Gasteiger charge is 2.46. The van der Waals surface area contributed by atoms with Crippen LogP contribution in [0.2, 0.25) is 0 Å². The smallest absolute Gasteiger partial charge is 0.150 e. The van der Waals surface area contributed by atoms with Gasteiger partial charge in [0.2, 0.25) is 0 Å². The van der Waals surface area contributed by atoms with E-state index in [0.717, 1.165) is 43.4 Å². The quantitative estimate of drug-likeness (QED) is 0.614. The van der Waals surface area contributed by atoms with Crippen LogP contribution < -0.4 is 15.1 Å². The van der Waals surface area contributed by atoms with Gasteiger partial charge in [0.25, 0.3) is 0 Å². The summed E-state index contributed by atoms with van der Waals surface area (Å²) in [6.45, 7) is 12.1. The second kappa shape index (κ2) is 9.47. The van der Waals surface area contributed by atoms with Crippen molar-refractivity contribution in [3.8, 4) is 0 Å². The summed E-state index contributed by atoms with van der Waals surface area (Å²) in [5, 5.41) is 1.28. The van der Waals surface area contributed by atoms with Gasteiger partial charge in [-0.05, 0) is 68.2 Å². The number of rotatable bonds is 5. The lowest BCUT2D eigenvalue weighted by Crippen LogP contribution is -2.52. The average molecular weight is 479 g/mol. The number of aryl methyl sites for hydroxylation is 1. The van der Waals surface area contributed by atoms with E-state index >= 15 is 0 Å². The monoisotopic (exact) mass is 478 g/mol. The van der Waals surface area contributed by atoms with E-state index in [9.17, 15) is 0 Å². The molecule has 3 aliphatic heterocycles. The Labute approximate surface area is 207 Å². The first-order chi connectivity index (χ1) is 16.4. The van der Waals surface area contributed by atoms with Gasteiger partial charge in [-0.3, -0.25) is 4.98 Å². The lowest BCUT2D eigenvalue weighted by molar-refractivity contribution is 0.104. The highest BCUT2D eigenvalue weighted by Crippen LogP contribution is 2.48. The average Bonchev–Trinajstić information content (AvgIpc) is 3.17. The van der Waals surface area contributed by atoms with Gasteiger partial charge >= 0.3 is 0 Å². The van der Waals surface area contributed by atoms with Crippen molar-refractivity contribution in [3.63, 3.8) is 0 Å². The van der Waals surface area contributed by atoms with Crippen LogP contribution in [0.15, 0.2) is 43.0 Å². The van der Waals surface area contributed by atoms with Crippen molar-refractivity contribution in [1.29, 1.82) is 0 Å². The Morgan fingerprint density at radius 1 is 1.12 bits per heavy atom. The summed E-state index contributed by atoms with van der Waals surface area (Å²) in [4.78, 5) is 19.0. The van der Waals surface area contributed by atoms with Gasteiger partial charge in [-0.2, -0.15) is 0 Å². The molecule has 0 amide bonds. The standard InChI is InChI=1S/C27H39N6P/c1-5-24-26(29-13-12-28-24)32-14-8-21(9-15-32)31-16-10-27(11-17-31)19-33(20(2)30(3)4)25-7-6-22(34)18-23(25)27/h6-7,12-13,18,21H,2,5,8-11,14-17,19,34H2,1,3-4H3. The molecule has 0 radical (unpaired) electrons. The Bertz CT molecular complexity index is 1040. The number of nitrogens with zero attached hydrogens (tertiary/aromatic N) is 6. The summed E-state index contributed by atoms with van der Waals surface area (Å²) >= 11 is 0. The van der Waals surface area contributed by atoms with Crippen molar-refractivity contribution in [1.82, 2.24) is 19.8 Å². The molecule has 0 saturated carbocycles. The first kappa shape index (κ1) is 23.6. The van der Waals surface area contributed by atoms with E-state index in [4.69, 9.17) is 0 Å². The lowest BCUT2D eigenvalue weighted by atomic mass is 9.74. The molecule has 182 valence electrons. The third-order valence-electron chi connectivity index (χ3n) is 8.29. The molecule has 2 aromatic rings. The van der Waals surface area contributed by atoms with Gasteiger partial charge < -0.3 is 19.6 Å².